The molecule has 0 fully saturated rings. The van der Waals surface area contributed by atoms with Gasteiger partial charge in [0.1, 0.15) is 13.2 Å². The van der Waals surface area contributed by atoms with Crippen molar-refractivity contribution in [3.05, 3.63) is 0 Å². The molecule has 0 spiro atoms. The number of hydrogen-bond acceptors (Lipinski definition) is 6. The van der Waals surface area contributed by atoms with Gasteiger partial charge >= 0.3 is 17.9 Å². The van der Waals surface area contributed by atoms with Gasteiger partial charge in [-0.1, -0.05) is 387 Å². The average Bonchev–Trinajstić information content (AvgIpc) is 3.44. The molecule has 0 aliphatic heterocycles. The van der Waals surface area contributed by atoms with Gasteiger partial charge < -0.3 is 14.2 Å². The van der Waals surface area contributed by atoms with Crippen molar-refractivity contribution in [2.75, 3.05) is 13.2 Å². The van der Waals surface area contributed by atoms with Gasteiger partial charge in [-0.15, -0.1) is 0 Å². The van der Waals surface area contributed by atoms with E-state index >= 15 is 0 Å². The van der Waals surface area contributed by atoms with E-state index in [1.807, 2.05) is 0 Å². The molecule has 1 unspecified atom stereocenters. The predicted octanol–water partition coefficient (Wildman–Crippen LogP) is 24.6. The number of carbonyl (C=O) groups excluding carboxylic acids is 3. The van der Waals surface area contributed by atoms with Crippen LogP contribution in [0, 0.1) is 0 Å². The Morgan fingerprint density at radius 1 is 0.205 bits per heavy atom. The van der Waals surface area contributed by atoms with E-state index in [2.05, 4.69) is 20.8 Å². The Morgan fingerprint density at radius 3 is 0.513 bits per heavy atom. The topological polar surface area (TPSA) is 78.9 Å². The van der Waals surface area contributed by atoms with E-state index in [-0.39, 0.29) is 31.1 Å². The molecule has 0 aliphatic rings. The second-order valence-corrected chi connectivity index (χ2v) is 24.9. The van der Waals surface area contributed by atoms with Gasteiger partial charge in [0, 0.05) is 19.3 Å². The van der Waals surface area contributed by atoms with Gasteiger partial charge in [0.05, 0.1) is 0 Å². The maximum Gasteiger partial charge on any atom is 0.306 e. The molecule has 6 heteroatoms. The number of hydrogen-bond donors (Lipinski definition) is 0. The number of ether oxygens (including phenoxy) is 3. The summed E-state index contributed by atoms with van der Waals surface area (Å²) in [6, 6.07) is 0. The van der Waals surface area contributed by atoms with Gasteiger partial charge in [-0.05, 0) is 19.3 Å². The lowest BCUT2D eigenvalue weighted by atomic mass is 10.0. The molecule has 0 aliphatic carbocycles. The van der Waals surface area contributed by atoms with Gasteiger partial charge in [0.15, 0.2) is 6.10 Å². The maximum absolute atomic E-state index is 12.9. The molecular formula is C72H140O6. The van der Waals surface area contributed by atoms with Gasteiger partial charge in [-0.3, -0.25) is 14.4 Å². The fourth-order valence-electron chi connectivity index (χ4n) is 11.5. The quantitative estimate of drug-likeness (QED) is 0.0343. The van der Waals surface area contributed by atoms with Crippen LogP contribution in [-0.4, -0.2) is 37.2 Å². The van der Waals surface area contributed by atoms with Crippen molar-refractivity contribution in [2.24, 2.45) is 0 Å². The molecule has 0 bridgehead atoms. The minimum atomic E-state index is -0.763. The van der Waals surface area contributed by atoms with Crippen molar-refractivity contribution in [3.63, 3.8) is 0 Å². The third-order valence-corrected chi connectivity index (χ3v) is 16.9. The highest BCUT2D eigenvalue weighted by molar-refractivity contribution is 5.71. The van der Waals surface area contributed by atoms with Crippen LogP contribution in [0.15, 0.2) is 0 Å². The summed E-state index contributed by atoms with van der Waals surface area (Å²) in [5.41, 5.74) is 0. The van der Waals surface area contributed by atoms with Crippen molar-refractivity contribution in [3.8, 4) is 0 Å². The molecule has 0 rings (SSSR count). The van der Waals surface area contributed by atoms with E-state index in [4.69, 9.17) is 14.2 Å². The SMILES string of the molecule is CCCCCCCCCCCCCCCCCCCCCCCCCCCCCCC(=O)OCC(COC(=O)CCCCCCCCCCCCCCCCCC)OC(=O)CCCCCCCCCCCCCCCCCC. The standard InChI is InChI=1S/C72H140O6/c1-4-7-10-13-16-19-22-25-28-31-32-33-34-35-36-37-38-39-40-41-42-45-47-50-53-56-59-62-65-71(74)77-68-69(78-72(75)66-63-60-57-54-51-48-44-30-27-24-21-18-15-12-9-6-3)67-76-70(73)64-61-58-55-52-49-46-43-29-26-23-20-17-14-11-8-5-2/h69H,4-68H2,1-3H3. The van der Waals surface area contributed by atoms with Gasteiger partial charge in [0.25, 0.3) is 0 Å². The van der Waals surface area contributed by atoms with Crippen LogP contribution in [0.1, 0.15) is 425 Å². The molecule has 0 saturated carbocycles. The summed E-state index contributed by atoms with van der Waals surface area (Å²) in [6.45, 7) is 6.75. The fraction of sp³-hybridized carbons (Fsp3) is 0.958. The molecule has 0 radical (unpaired) electrons. The van der Waals surface area contributed by atoms with E-state index < -0.39 is 6.10 Å². The number of esters is 3. The molecule has 464 valence electrons. The molecule has 1 atom stereocenters. The van der Waals surface area contributed by atoms with Crippen LogP contribution in [0.3, 0.4) is 0 Å². The predicted molar refractivity (Wildman–Crippen MR) is 340 cm³/mol. The van der Waals surface area contributed by atoms with Crippen molar-refractivity contribution in [2.45, 2.75) is 431 Å². The lowest BCUT2D eigenvalue weighted by Crippen LogP contribution is -2.30. The average molecular weight is 1100 g/mol. The molecule has 0 amide bonds. The maximum atomic E-state index is 12.9. The molecule has 78 heavy (non-hydrogen) atoms. The second-order valence-electron chi connectivity index (χ2n) is 24.9. The van der Waals surface area contributed by atoms with Crippen LogP contribution in [0.5, 0.6) is 0 Å². The van der Waals surface area contributed by atoms with Crippen molar-refractivity contribution < 1.29 is 28.6 Å². The molecule has 0 aromatic heterocycles. The smallest absolute Gasteiger partial charge is 0.306 e. The summed E-state index contributed by atoms with van der Waals surface area (Å²) in [6.07, 6.45) is 80.0. The molecule has 6 nitrogen and oxygen atoms in total. The summed E-state index contributed by atoms with van der Waals surface area (Å²) in [7, 11) is 0. The largest absolute Gasteiger partial charge is 0.462 e. The Bertz CT molecular complexity index is 1170. The van der Waals surface area contributed by atoms with Gasteiger partial charge in [-0.25, -0.2) is 0 Å². The van der Waals surface area contributed by atoms with Crippen LogP contribution in [0.25, 0.3) is 0 Å². The zero-order valence-corrected chi connectivity index (χ0v) is 53.5. The van der Waals surface area contributed by atoms with Crippen LogP contribution < -0.4 is 0 Å². The van der Waals surface area contributed by atoms with Crippen molar-refractivity contribution >= 4 is 17.9 Å². The van der Waals surface area contributed by atoms with Crippen LogP contribution >= 0.6 is 0 Å². The minimum absolute atomic E-state index is 0.0601. The lowest BCUT2D eigenvalue weighted by molar-refractivity contribution is -0.167. The Morgan fingerprint density at radius 2 is 0.346 bits per heavy atom. The molecular weight excluding hydrogens is 961 g/mol. The summed E-state index contributed by atoms with van der Waals surface area (Å²) in [4.78, 5) is 38.4. The van der Waals surface area contributed by atoms with Crippen molar-refractivity contribution in [1.82, 2.24) is 0 Å². The monoisotopic (exact) mass is 1100 g/mol. The lowest BCUT2D eigenvalue weighted by Gasteiger charge is -2.18. The third-order valence-electron chi connectivity index (χ3n) is 16.9. The van der Waals surface area contributed by atoms with Gasteiger partial charge in [-0.2, -0.15) is 0 Å². The second kappa shape index (κ2) is 67.9. The molecule has 0 heterocycles. The van der Waals surface area contributed by atoms with E-state index in [9.17, 15) is 14.4 Å². The zero-order valence-electron chi connectivity index (χ0n) is 53.5. The van der Waals surface area contributed by atoms with Crippen LogP contribution in [-0.2, 0) is 28.6 Å². The molecule has 0 saturated heterocycles. The summed E-state index contributed by atoms with van der Waals surface area (Å²) < 4.78 is 17.0. The highest BCUT2D eigenvalue weighted by Crippen LogP contribution is 2.20. The first kappa shape index (κ1) is 76.4. The normalized spacial score (nSPS) is 11.9. The van der Waals surface area contributed by atoms with Crippen molar-refractivity contribution in [1.29, 1.82) is 0 Å². The summed E-state index contributed by atoms with van der Waals surface area (Å²) >= 11 is 0. The molecule has 0 aromatic carbocycles. The van der Waals surface area contributed by atoms with Crippen LogP contribution in [0.4, 0.5) is 0 Å². The Kier molecular flexibility index (Phi) is 66.5. The first-order valence-corrected chi connectivity index (χ1v) is 36.0. The van der Waals surface area contributed by atoms with E-state index in [0.29, 0.717) is 19.3 Å². The summed E-state index contributed by atoms with van der Waals surface area (Å²) in [5.74, 6) is -0.819. The van der Waals surface area contributed by atoms with Crippen LogP contribution in [0.2, 0.25) is 0 Å². The number of rotatable bonds is 68. The van der Waals surface area contributed by atoms with E-state index in [0.717, 1.165) is 57.8 Å². The molecule has 0 aromatic rings. The van der Waals surface area contributed by atoms with Gasteiger partial charge in [0.2, 0.25) is 0 Å². The fourth-order valence-corrected chi connectivity index (χ4v) is 11.5. The Hall–Kier alpha value is -1.59. The first-order valence-electron chi connectivity index (χ1n) is 36.0. The van der Waals surface area contributed by atoms with E-state index in [1.54, 1.807) is 0 Å². The highest BCUT2D eigenvalue weighted by Gasteiger charge is 2.20. The summed E-state index contributed by atoms with van der Waals surface area (Å²) in [5, 5.41) is 0. The molecule has 0 N–H and O–H groups in total. The number of unbranched alkanes of at least 4 members (excludes halogenated alkanes) is 57. The minimum Gasteiger partial charge on any atom is -0.462 e. The number of carbonyl (C=O) groups is 3. The Labute approximate surface area is 488 Å². The third kappa shape index (κ3) is 65.2. The van der Waals surface area contributed by atoms with E-state index in [1.165, 1.54) is 327 Å². The zero-order chi connectivity index (χ0) is 56.4. The first-order chi connectivity index (χ1) is 38.5. The highest BCUT2D eigenvalue weighted by atomic mass is 16.6. The Balaban J connectivity index is 4.16.